The molecule has 0 bridgehead atoms. The van der Waals surface area contributed by atoms with E-state index in [9.17, 15) is 9.90 Å². The van der Waals surface area contributed by atoms with Gasteiger partial charge in [0, 0.05) is 28.7 Å². The van der Waals surface area contributed by atoms with E-state index < -0.39 is 25.4 Å². The Kier molecular flexibility index (Phi) is 8.76. The molecule has 0 aromatic heterocycles. The lowest BCUT2D eigenvalue weighted by Gasteiger charge is -2.32. The van der Waals surface area contributed by atoms with Crippen LogP contribution in [0.2, 0.25) is 0 Å². The molecule has 0 atom stereocenters. The van der Waals surface area contributed by atoms with E-state index in [0.717, 1.165) is 33.4 Å². The van der Waals surface area contributed by atoms with Gasteiger partial charge in [0.25, 0.3) is 0 Å². The van der Waals surface area contributed by atoms with Crippen LogP contribution < -0.4 is 9.05 Å². The number of aromatic hydroxyl groups is 1. The molecule has 0 amide bonds. The van der Waals surface area contributed by atoms with E-state index in [1.165, 1.54) is 0 Å². The normalized spacial score (nSPS) is 14.5. The van der Waals surface area contributed by atoms with Gasteiger partial charge in [-0.05, 0) is 58.8 Å². The molecule has 44 heavy (non-hydrogen) atoms. The van der Waals surface area contributed by atoms with Crippen LogP contribution in [0.3, 0.4) is 0 Å². The molecule has 4 rings (SSSR count). The van der Waals surface area contributed by atoms with Gasteiger partial charge in [-0.3, -0.25) is 0 Å². The van der Waals surface area contributed by atoms with Crippen molar-refractivity contribution in [2.75, 3.05) is 0 Å². The average Bonchev–Trinajstić information content (AvgIpc) is 2.82. The minimum Gasteiger partial charge on any atom is -0.507 e. The molecule has 0 radical (unpaired) electrons. The first-order valence-electron chi connectivity index (χ1n) is 15.5. The van der Waals surface area contributed by atoms with E-state index >= 15 is 0 Å². The maximum Gasteiger partial charge on any atom is 0.532 e. The molecule has 0 fully saturated rings. The standard InChI is InChI=1S/C38H51O5P/c1-22-15-24-19-25-16-23(2)18-30(38(12,13)14)33(25)42-44(41-32(24)29(17-22)37(9,10)11)43-34(40)26-20-27(35(3,4)5)31(39)28(21-26)36(6,7)8/h15-18,20-21,39H,19H2,1-14H3. The van der Waals surface area contributed by atoms with Crippen LogP contribution in [0.5, 0.6) is 17.2 Å². The number of carbonyl (C=O) groups excluding carboxylic acids is 1. The number of fused-ring (bicyclic) bond motifs is 2. The van der Waals surface area contributed by atoms with Crippen molar-refractivity contribution in [3.05, 3.63) is 86.5 Å². The maximum atomic E-state index is 14.0. The van der Waals surface area contributed by atoms with Crippen LogP contribution >= 0.6 is 8.60 Å². The van der Waals surface area contributed by atoms with Gasteiger partial charge in [0.2, 0.25) is 0 Å². The third-order valence-corrected chi connectivity index (χ3v) is 9.05. The van der Waals surface area contributed by atoms with E-state index in [-0.39, 0.29) is 16.6 Å². The molecule has 0 aliphatic carbocycles. The van der Waals surface area contributed by atoms with Crippen LogP contribution in [0.15, 0.2) is 36.4 Å². The number of phenols is 1. The van der Waals surface area contributed by atoms with E-state index in [1.807, 2.05) is 41.5 Å². The number of aryl methyl sites for hydroxylation is 2. The van der Waals surface area contributed by atoms with Gasteiger partial charge in [-0.2, -0.15) is 0 Å². The molecule has 6 heteroatoms. The quantitative estimate of drug-likeness (QED) is 0.290. The molecule has 3 aromatic carbocycles. The minimum atomic E-state index is -2.19. The molecular formula is C38H51O5P. The fourth-order valence-electron chi connectivity index (χ4n) is 5.72. The zero-order valence-electron chi connectivity index (χ0n) is 29.2. The number of carbonyl (C=O) groups is 1. The van der Waals surface area contributed by atoms with Gasteiger partial charge in [0.1, 0.15) is 17.2 Å². The number of hydrogen-bond acceptors (Lipinski definition) is 5. The van der Waals surface area contributed by atoms with Crippen molar-refractivity contribution in [2.45, 2.75) is 125 Å². The summed E-state index contributed by atoms with van der Waals surface area (Å²) in [6.45, 7) is 29.3. The smallest absolute Gasteiger partial charge is 0.507 e. The van der Waals surface area contributed by atoms with Crippen LogP contribution in [0.1, 0.15) is 138 Å². The highest BCUT2D eigenvalue weighted by atomic mass is 31.2. The Morgan fingerprint density at radius 3 is 1.34 bits per heavy atom. The lowest BCUT2D eigenvalue weighted by Crippen LogP contribution is -2.21. The summed E-state index contributed by atoms with van der Waals surface area (Å²) < 4.78 is 19.5. The summed E-state index contributed by atoms with van der Waals surface area (Å²) in [7, 11) is -2.19. The minimum absolute atomic E-state index is 0.212. The molecule has 5 nitrogen and oxygen atoms in total. The summed E-state index contributed by atoms with van der Waals surface area (Å²) in [5.74, 6) is 1.08. The molecule has 0 unspecified atom stereocenters. The van der Waals surface area contributed by atoms with E-state index in [0.29, 0.717) is 34.6 Å². The van der Waals surface area contributed by atoms with E-state index in [2.05, 4.69) is 79.7 Å². The zero-order valence-corrected chi connectivity index (χ0v) is 30.1. The lowest BCUT2D eigenvalue weighted by atomic mass is 9.78. The molecular weight excluding hydrogens is 567 g/mol. The Hall–Kier alpha value is -3.04. The third kappa shape index (κ3) is 7.09. The highest BCUT2D eigenvalue weighted by molar-refractivity contribution is 7.43. The molecule has 1 aliphatic heterocycles. The predicted octanol–water partition coefficient (Wildman–Crippen LogP) is 10.6. The molecule has 238 valence electrons. The van der Waals surface area contributed by atoms with Crippen molar-refractivity contribution < 1.29 is 23.5 Å². The Bertz CT molecular complexity index is 1480. The lowest BCUT2D eigenvalue weighted by molar-refractivity contribution is 0.0719. The van der Waals surface area contributed by atoms with Gasteiger partial charge in [-0.1, -0.05) is 118 Å². The second-order valence-corrected chi connectivity index (χ2v) is 17.5. The fourth-order valence-corrected chi connectivity index (χ4v) is 6.80. The van der Waals surface area contributed by atoms with Crippen molar-refractivity contribution >= 4 is 14.6 Å². The van der Waals surface area contributed by atoms with Crippen molar-refractivity contribution in [3.63, 3.8) is 0 Å². The van der Waals surface area contributed by atoms with Crippen LogP contribution in [0.4, 0.5) is 0 Å². The molecule has 1 heterocycles. The van der Waals surface area contributed by atoms with Crippen molar-refractivity contribution in [1.29, 1.82) is 0 Å². The van der Waals surface area contributed by atoms with Crippen LogP contribution in [-0.2, 0) is 32.6 Å². The maximum absolute atomic E-state index is 14.0. The van der Waals surface area contributed by atoms with Crippen LogP contribution in [0.25, 0.3) is 0 Å². The molecule has 0 saturated heterocycles. The molecule has 1 aliphatic rings. The summed E-state index contributed by atoms with van der Waals surface area (Å²) in [6.07, 6.45) is 0.638. The highest BCUT2D eigenvalue weighted by Gasteiger charge is 2.36. The predicted molar refractivity (Wildman–Crippen MR) is 182 cm³/mol. The van der Waals surface area contributed by atoms with Crippen molar-refractivity contribution in [3.8, 4) is 17.2 Å². The Balaban J connectivity index is 1.91. The zero-order chi connectivity index (χ0) is 33.2. The number of phenolic OH excluding ortho intramolecular Hbond substituents is 1. The van der Waals surface area contributed by atoms with Gasteiger partial charge < -0.3 is 18.7 Å². The molecule has 0 saturated carbocycles. The van der Waals surface area contributed by atoms with Crippen molar-refractivity contribution in [1.82, 2.24) is 0 Å². The van der Waals surface area contributed by atoms with E-state index in [4.69, 9.17) is 13.6 Å². The van der Waals surface area contributed by atoms with Gasteiger partial charge in [0.15, 0.2) is 0 Å². The molecule has 0 spiro atoms. The average molecular weight is 619 g/mol. The Morgan fingerprint density at radius 2 is 1.00 bits per heavy atom. The van der Waals surface area contributed by atoms with E-state index in [1.54, 1.807) is 12.1 Å². The summed E-state index contributed by atoms with van der Waals surface area (Å²) in [5, 5.41) is 11.2. The highest BCUT2D eigenvalue weighted by Crippen LogP contribution is 2.53. The van der Waals surface area contributed by atoms with Gasteiger partial charge in [-0.15, -0.1) is 0 Å². The second-order valence-electron chi connectivity index (χ2n) is 16.5. The third-order valence-electron chi connectivity index (χ3n) is 8.07. The first-order chi connectivity index (χ1) is 20.0. The monoisotopic (exact) mass is 618 g/mol. The second kappa shape index (κ2) is 11.4. The first kappa shape index (κ1) is 33.8. The first-order valence-corrected chi connectivity index (χ1v) is 16.6. The van der Waals surface area contributed by atoms with Gasteiger partial charge >= 0.3 is 14.6 Å². The van der Waals surface area contributed by atoms with Crippen LogP contribution in [0, 0.1) is 13.8 Å². The number of benzene rings is 3. The molecule has 3 aromatic rings. The summed E-state index contributed by atoms with van der Waals surface area (Å²) in [5.41, 5.74) is 7.00. The fraction of sp³-hybridized carbons (Fsp3) is 0.500. The topological polar surface area (TPSA) is 65.0 Å². The molecule has 1 N–H and O–H groups in total. The summed E-state index contributed by atoms with van der Waals surface area (Å²) in [4.78, 5) is 14.0. The Morgan fingerprint density at radius 1 is 0.636 bits per heavy atom. The van der Waals surface area contributed by atoms with Gasteiger partial charge in [0.05, 0.1) is 5.56 Å². The van der Waals surface area contributed by atoms with Gasteiger partial charge in [-0.25, -0.2) is 4.79 Å². The Labute approximate surface area is 266 Å². The number of hydrogen-bond donors (Lipinski definition) is 1. The SMILES string of the molecule is Cc1cc2c(c(C(C)(C)C)c1)OP(OC(=O)c1cc(C(C)(C)C)c(O)c(C(C)(C)C)c1)Oc1c(cc(C)cc1C(C)(C)C)C2. The largest absolute Gasteiger partial charge is 0.532 e. The van der Waals surface area contributed by atoms with Crippen LogP contribution in [-0.4, -0.2) is 11.1 Å². The summed E-state index contributed by atoms with van der Waals surface area (Å²) in [6, 6.07) is 12.1. The summed E-state index contributed by atoms with van der Waals surface area (Å²) >= 11 is 0. The van der Waals surface area contributed by atoms with Crippen molar-refractivity contribution in [2.24, 2.45) is 0 Å². The number of rotatable bonds is 2.